The molecule has 10 atom stereocenters. The van der Waals surface area contributed by atoms with E-state index in [0.29, 0.717) is 69.5 Å². The number of rotatable bonds is 6. The minimum Gasteiger partial charge on any atom is -0.496 e. The number of methoxy groups -OCH3 is 2. The first kappa shape index (κ1) is 47.3. The van der Waals surface area contributed by atoms with Gasteiger partial charge in [-0.15, -0.1) is 0 Å². The summed E-state index contributed by atoms with van der Waals surface area (Å²) in [7, 11) is 0.225. The summed E-state index contributed by atoms with van der Waals surface area (Å²) in [5, 5.41) is 38.0. The van der Waals surface area contributed by atoms with Gasteiger partial charge in [0.25, 0.3) is 5.91 Å². The Morgan fingerprint density at radius 1 is 1.00 bits per heavy atom. The fourth-order valence-corrected chi connectivity index (χ4v) is 13.1. The SMILES string of the molecule is CC[C@]1(O)C[C@H]2CN(CCc3c([nH]c4ccccc34)[C@@](C(=O)OC)(c3cc4c(cc3OC)N(C)[C@H]3[C@@](O)(C(N)=O)[C@H](O)[C@]5(CC)C=CCN6CC[C@]43[C@@H]65)C2)C1.O.O.O=S(=O)(O)O. The van der Waals surface area contributed by atoms with E-state index in [9.17, 15) is 20.1 Å². The van der Waals surface area contributed by atoms with Crippen LogP contribution in [-0.2, 0) is 42.0 Å². The Kier molecular flexibility index (Phi) is 12.3. The number of carbonyl (C=O) groups excluding carboxylic acids is 2. The van der Waals surface area contributed by atoms with E-state index in [-0.39, 0.29) is 22.9 Å². The molecule has 2 bridgehead atoms. The van der Waals surface area contributed by atoms with Gasteiger partial charge in [-0.2, -0.15) is 8.42 Å². The Bertz CT molecular complexity index is 2370. The van der Waals surface area contributed by atoms with Crippen molar-refractivity contribution in [2.45, 2.75) is 92.6 Å². The number of primary amides is 1. The van der Waals surface area contributed by atoms with E-state index in [0.717, 1.165) is 46.5 Å². The molecule has 6 heterocycles. The third kappa shape index (κ3) is 6.58. The molecule has 1 spiro atoms. The van der Waals surface area contributed by atoms with Crippen LogP contribution >= 0.6 is 0 Å². The summed E-state index contributed by atoms with van der Waals surface area (Å²) in [5.74, 6) is -1.00. The van der Waals surface area contributed by atoms with Crippen LogP contribution in [0.25, 0.3) is 10.9 Å². The molecule has 9 rings (SSSR count). The molecule has 1 unspecified atom stereocenters. The minimum absolute atomic E-state index is 0. The van der Waals surface area contributed by atoms with Crippen molar-refractivity contribution in [3.8, 4) is 5.75 Å². The van der Waals surface area contributed by atoms with Crippen molar-refractivity contribution in [3.63, 3.8) is 0 Å². The number of hydrogen-bond acceptors (Lipinski definition) is 12. The third-order valence-corrected chi connectivity index (χ3v) is 15.2. The molecule has 19 heteroatoms. The Balaban J connectivity index is 0.000000868. The molecule has 0 radical (unpaired) electrons. The van der Waals surface area contributed by atoms with Crippen molar-refractivity contribution < 1.29 is 62.9 Å². The van der Waals surface area contributed by atoms with E-state index < -0.39 is 61.9 Å². The summed E-state index contributed by atoms with van der Waals surface area (Å²) in [4.78, 5) is 39.3. The Morgan fingerprint density at radius 3 is 2.32 bits per heavy atom. The van der Waals surface area contributed by atoms with Crippen molar-refractivity contribution in [1.29, 1.82) is 0 Å². The molecule has 6 aliphatic rings. The number of aromatic amines is 1. The second-order valence-corrected chi connectivity index (χ2v) is 18.8. The van der Waals surface area contributed by atoms with Gasteiger partial charge in [-0.1, -0.05) is 44.2 Å². The predicted molar refractivity (Wildman–Crippen MR) is 229 cm³/mol. The Morgan fingerprint density at radius 2 is 1.69 bits per heavy atom. The highest BCUT2D eigenvalue weighted by Crippen LogP contribution is 2.67. The number of fused-ring (bicyclic) bond motifs is 6. The van der Waals surface area contributed by atoms with Crippen LogP contribution in [0.3, 0.4) is 0 Å². The molecule has 1 saturated carbocycles. The smallest absolute Gasteiger partial charge is 0.394 e. The van der Waals surface area contributed by atoms with Gasteiger partial charge in [-0.25, -0.2) is 0 Å². The first-order chi connectivity index (χ1) is 28.3. The molecule has 342 valence electrons. The number of nitrogens with zero attached hydrogens (tertiary/aromatic N) is 3. The monoisotopic (exact) mass is 887 g/mol. The van der Waals surface area contributed by atoms with Crippen LogP contribution in [0, 0.1) is 11.3 Å². The standard InChI is InChI=1S/C43H55N5O7.H2O4S.2H2O/c1-6-39(52)21-25-22-42(38(51)55-5,33-27(13-17-47(23-25)24-39)26-11-8-9-12-30(26)45-33)29-19-28-31(20-32(29)54-4)46(3)35-41(28)15-18-48-16-10-14-40(7-2,34(41)48)36(49)43(35,53)37(44)50;1-5(2,3)4;;/h8-12,14,19-20,25,34-36,45,49,52-53H,6-7,13,15-18,21-24H2,1-5H3,(H2,44,50);(H2,1,2,3,4);2*1H2/t25-,34+,35-,36-,39+,40-,41-,42+,43+;;;/m1.../s1. The van der Waals surface area contributed by atoms with Crippen molar-refractivity contribution >= 4 is 38.9 Å². The maximum Gasteiger partial charge on any atom is 0.394 e. The number of amides is 1. The molecule has 3 aromatic rings. The molecule has 1 amide bonds. The number of piperidine rings is 1. The molecular formula is C43H61N5O13S. The van der Waals surface area contributed by atoms with Gasteiger partial charge in [0, 0.05) is 84.0 Å². The van der Waals surface area contributed by atoms with Crippen molar-refractivity contribution in [2.24, 2.45) is 17.1 Å². The molecule has 2 saturated heterocycles. The lowest BCUT2D eigenvalue weighted by Gasteiger charge is -2.63. The van der Waals surface area contributed by atoms with Crippen LogP contribution < -0.4 is 15.4 Å². The van der Waals surface area contributed by atoms with E-state index in [1.54, 1.807) is 7.11 Å². The average molecular weight is 888 g/mol. The fourth-order valence-electron chi connectivity index (χ4n) is 13.1. The zero-order chi connectivity index (χ0) is 43.4. The summed E-state index contributed by atoms with van der Waals surface area (Å²) in [6.07, 6.45) is 5.78. The van der Waals surface area contributed by atoms with E-state index >= 15 is 4.79 Å². The molecule has 5 aliphatic heterocycles. The largest absolute Gasteiger partial charge is 0.496 e. The normalized spacial score (nSPS) is 35.5. The number of nitrogens with two attached hydrogens (primary N) is 1. The molecule has 1 aliphatic carbocycles. The number of hydrogen-bond donors (Lipinski definition) is 7. The molecule has 1 aromatic heterocycles. The number of aromatic nitrogens is 1. The predicted octanol–water partition coefficient (Wildman–Crippen LogP) is 0.430. The number of benzene rings is 2. The number of para-hydroxylation sites is 1. The van der Waals surface area contributed by atoms with Crippen LogP contribution in [0.15, 0.2) is 48.6 Å². The molecule has 3 fully saturated rings. The zero-order valence-electron chi connectivity index (χ0n) is 35.7. The highest BCUT2D eigenvalue weighted by molar-refractivity contribution is 7.79. The van der Waals surface area contributed by atoms with Crippen LogP contribution in [0.1, 0.15) is 68.3 Å². The number of ether oxygens (including phenoxy) is 2. The number of nitrogens with one attached hydrogen (secondary N) is 1. The first-order valence-electron chi connectivity index (χ1n) is 20.7. The average Bonchev–Trinajstić information content (AvgIpc) is 3.87. The number of aliphatic hydroxyl groups excluding tert-OH is 1. The van der Waals surface area contributed by atoms with Crippen LogP contribution in [0.2, 0.25) is 0 Å². The highest BCUT2D eigenvalue weighted by atomic mass is 32.3. The number of H-pyrrole nitrogens is 1. The molecule has 62 heavy (non-hydrogen) atoms. The minimum atomic E-state index is -4.67. The molecule has 12 N–H and O–H groups in total. The number of esters is 1. The van der Waals surface area contributed by atoms with Gasteiger partial charge in [0.15, 0.2) is 5.60 Å². The molecule has 2 aromatic carbocycles. The van der Waals surface area contributed by atoms with Crippen LogP contribution in [0.5, 0.6) is 5.75 Å². The van der Waals surface area contributed by atoms with Gasteiger partial charge < -0.3 is 51.4 Å². The van der Waals surface area contributed by atoms with Gasteiger partial charge >= 0.3 is 16.4 Å². The molecular weight excluding hydrogens is 827 g/mol. The van der Waals surface area contributed by atoms with Crippen molar-refractivity contribution in [2.75, 3.05) is 58.9 Å². The summed E-state index contributed by atoms with van der Waals surface area (Å²) >= 11 is 0. The lowest BCUT2D eigenvalue weighted by atomic mass is 9.47. The number of anilines is 1. The topological polar surface area (TPSA) is 302 Å². The van der Waals surface area contributed by atoms with Gasteiger partial charge in [-0.3, -0.25) is 28.5 Å². The summed E-state index contributed by atoms with van der Waals surface area (Å²) in [5.41, 5.74) is 4.72. The number of aliphatic hydroxyl groups is 3. The third-order valence-electron chi connectivity index (χ3n) is 15.2. The zero-order valence-corrected chi connectivity index (χ0v) is 36.5. The fraction of sp³-hybridized carbons (Fsp3) is 0.581. The number of carbonyl (C=O) groups is 2. The Labute approximate surface area is 360 Å². The van der Waals surface area contributed by atoms with Crippen molar-refractivity contribution in [3.05, 3.63) is 70.9 Å². The maximum atomic E-state index is 15.2. The van der Waals surface area contributed by atoms with E-state index in [1.807, 2.05) is 62.2 Å². The second-order valence-electron chi connectivity index (χ2n) is 17.9. The van der Waals surface area contributed by atoms with Gasteiger partial charge in [0.2, 0.25) is 0 Å². The van der Waals surface area contributed by atoms with Gasteiger partial charge in [0.1, 0.15) is 17.3 Å². The van der Waals surface area contributed by atoms with Crippen LogP contribution in [-0.4, -0.2) is 154 Å². The summed E-state index contributed by atoms with van der Waals surface area (Å²) in [6.45, 7) is 7.39. The van der Waals surface area contributed by atoms with Gasteiger partial charge in [0.05, 0.1) is 25.9 Å². The van der Waals surface area contributed by atoms with Crippen molar-refractivity contribution in [1.82, 2.24) is 14.8 Å². The quantitative estimate of drug-likeness (QED) is 0.100. The lowest BCUT2D eigenvalue weighted by molar-refractivity contribution is -0.201. The lowest BCUT2D eigenvalue weighted by Crippen LogP contribution is -2.81. The summed E-state index contributed by atoms with van der Waals surface area (Å²) in [6, 6.07) is 11.0. The highest BCUT2D eigenvalue weighted by Gasteiger charge is 2.78. The van der Waals surface area contributed by atoms with E-state index in [1.165, 1.54) is 7.11 Å². The van der Waals surface area contributed by atoms with Crippen LogP contribution in [0.4, 0.5) is 5.69 Å². The Hall–Kier alpha value is -4.15. The first-order valence-corrected chi connectivity index (χ1v) is 22.1. The maximum absolute atomic E-state index is 15.2. The molecule has 18 nitrogen and oxygen atoms in total. The second kappa shape index (κ2) is 16.1. The number of likely N-dealkylation sites (N-methyl/N-ethyl adjacent to an activating group) is 1. The van der Waals surface area contributed by atoms with Gasteiger partial charge in [-0.05, 0) is 74.2 Å². The van der Waals surface area contributed by atoms with E-state index in [2.05, 4.69) is 26.9 Å². The van der Waals surface area contributed by atoms with E-state index in [4.69, 9.17) is 32.7 Å². The summed E-state index contributed by atoms with van der Waals surface area (Å²) < 4.78 is 43.8.